The molecule has 0 aromatic heterocycles. The number of anilines is 2. The van der Waals surface area contributed by atoms with Crippen LogP contribution in [0.15, 0.2) is 42.5 Å². The molecule has 0 atom stereocenters. The number of amides is 2. The monoisotopic (exact) mass is 371 g/mol. The van der Waals surface area contributed by atoms with Gasteiger partial charge in [-0.1, -0.05) is 0 Å². The highest BCUT2D eigenvalue weighted by Crippen LogP contribution is 2.23. The number of carbonyl (C=O) groups is 2. The smallest absolute Gasteiger partial charge is 0.321 e. The number of nitrogens with one attached hydrogen (secondary N) is 1. The van der Waals surface area contributed by atoms with Crippen molar-refractivity contribution in [2.45, 2.75) is 6.92 Å². The van der Waals surface area contributed by atoms with Gasteiger partial charge in [0.05, 0.1) is 12.8 Å². The first kappa shape index (κ1) is 18.7. The summed E-state index contributed by atoms with van der Waals surface area (Å²) in [4.78, 5) is 27.3. The zero-order valence-electron chi connectivity index (χ0n) is 15.4. The van der Waals surface area contributed by atoms with Crippen LogP contribution in [-0.4, -0.2) is 50.0 Å². The van der Waals surface area contributed by atoms with Crippen LogP contribution in [-0.2, 0) is 0 Å². The molecule has 0 spiro atoms. The number of hydrogen-bond donors (Lipinski definition) is 1. The fourth-order valence-corrected chi connectivity index (χ4v) is 3.01. The van der Waals surface area contributed by atoms with Gasteiger partial charge in [0, 0.05) is 37.4 Å². The second-order valence-corrected chi connectivity index (χ2v) is 6.36. The molecule has 0 saturated carbocycles. The Morgan fingerprint density at radius 2 is 1.70 bits per heavy atom. The molecule has 0 aliphatic carbocycles. The van der Waals surface area contributed by atoms with Crippen molar-refractivity contribution in [1.29, 1.82) is 0 Å². The summed E-state index contributed by atoms with van der Waals surface area (Å²) in [5.41, 5.74) is 1.50. The minimum Gasteiger partial charge on any atom is -0.497 e. The third kappa shape index (κ3) is 4.36. The number of benzene rings is 2. The van der Waals surface area contributed by atoms with Crippen LogP contribution in [0.5, 0.6) is 5.75 Å². The van der Waals surface area contributed by atoms with E-state index in [1.807, 2.05) is 4.90 Å². The SMILES string of the molecule is COc1ccc(NC(=O)N2CCN(c3ccc(C(C)=O)cc3F)CC2)cc1. The molecule has 0 bridgehead atoms. The fraction of sp³-hybridized carbons (Fsp3) is 0.300. The predicted octanol–water partition coefficient (Wildman–Crippen LogP) is 3.39. The quantitative estimate of drug-likeness (QED) is 0.837. The first-order valence-corrected chi connectivity index (χ1v) is 8.73. The van der Waals surface area contributed by atoms with Gasteiger partial charge in [0.25, 0.3) is 0 Å². The maximum Gasteiger partial charge on any atom is 0.321 e. The summed E-state index contributed by atoms with van der Waals surface area (Å²) >= 11 is 0. The van der Waals surface area contributed by atoms with Crippen molar-refractivity contribution in [3.8, 4) is 5.75 Å². The van der Waals surface area contributed by atoms with E-state index in [-0.39, 0.29) is 11.8 Å². The summed E-state index contributed by atoms with van der Waals surface area (Å²) in [5, 5.41) is 2.85. The standard InChI is InChI=1S/C20H22FN3O3/c1-14(25)15-3-8-19(18(21)13-15)23-9-11-24(12-10-23)20(26)22-16-4-6-17(27-2)7-5-16/h3-8,13H,9-12H2,1-2H3,(H,22,26). The van der Waals surface area contributed by atoms with Crippen LogP contribution in [0.25, 0.3) is 0 Å². The number of halogens is 1. The molecular formula is C20H22FN3O3. The summed E-state index contributed by atoms with van der Waals surface area (Å²) in [6.45, 7) is 3.42. The molecular weight excluding hydrogens is 349 g/mol. The zero-order chi connectivity index (χ0) is 19.4. The van der Waals surface area contributed by atoms with Gasteiger partial charge in [0.1, 0.15) is 11.6 Å². The van der Waals surface area contributed by atoms with Crippen molar-refractivity contribution in [3.63, 3.8) is 0 Å². The summed E-state index contributed by atoms with van der Waals surface area (Å²) in [7, 11) is 1.59. The van der Waals surface area contributed by atoms with Crippen molar-refractivity contribution in [1.82, 2.24) is 4.90 Å². The van der Waals surface area contributed by atoms with Gasteiger partial charge in [0.15, 0.2) is 5.78 Å². The molecule has 1 fully saturated rings. The first-order chi connectivity index (χ1) is 13.0. The number of carbonyl (C=O) groups excluding carboxylic acids is 2. The number of hydrogen-bond acceptors (Lipinski definition) is 4. The van der Waals surface area contributed by atoms with Gasteiger partial charge in [-0.15, -0.1) is 0 Å². The maximum atomic E-state index is 14.3. The van der Waals surface area contributed by atoms with Crippen molar-refractivity contribution in [2.24, 2.45) is 0 Å². The summed E-state index contributed by atoms with van der Waals surface area (Å²) in [6, 6.07) is 11.4. The van der Waals surface area contributed by atoms with E-state index in [0.717, 1.165) is 5.75 Å². The Bertz CT molecular complexity index is 831. The van der Waals surface area contributed by atoms with Gasteiger partial charge >= 0.3 is 6.03 Å². The summed E-state index contributed by atoms with van der Waals surface area (Å²) in [6.07, 6.45) is 0. The minimum atomic E-state index is -0.418. The zero-order valence-corrected chi connectivity index (χ0v) is 15.4. The topological polar surface area (TPSA) is 61.9 Å². The highest BCUT2D eigenvalue weighted by Gasteiger charge is 2.23. The number of ether oxygens (including phenoxy) is 1. The highest BCUT2D eigenvalue weighted by molar-refractivity contribution is 5.94. The van der Waals surface area contributed by atoms with E-state index in [1.165, 1.54) is 13.0 Å². The van der Waals surface area contributed by atoms with Gasteiger partial charge < -0.3 is 19.9 Å². The Kier molecular flexibility index (Phi) is 5.59. The molecule has 0 radical (unpaired) electrons. The van der Waals surface area contributed by atoms with Crippen LogP contribution in [0, 0.1) is 5.82 Å². The average Bonchev–Trinajstić information content (AvgIpc) is 2.68. The molecule has 0 unspecified atom stereocenters. The largest absolute Gasteiger partial charge is 0.497 e. The molecule has 1 aliphatic rings. The molecule has 2 amide bonds. The number of nitrogens with zero attached hydrogens (tertiary/aromatic N) is 2. The summed E-state index contributed by atoms with van der Waals surface area (Å²) < 4.78 is 19.4. The molecule has 7 heteroatoms. The van der Waals surface area contributed by atoms with Crippen LogP contribution >= 0.6 is 0 Å². The predicted molar refractivity (Wildman–Crippen MR) is 102 cm³/mol. The van der Waals surface area contributed by atoms with Gasteiger partial charge in [-0.05, 0) is 49.4 Å². The van der Waals surface area contributed by atoms with Crippen LogP contribution in [0.2, 0.25) is 0 Å². The van der Waals surface area contributed by atoms with Gasteiger partial charge in [0.2, 0.25) is 0 Å². The molecule has 2 aromatic rings. The van der Waals surface area contributed by atoms with Gasteiger partial charge in [-0.3, -0.25) is 4.79 Å². The lowest BCUT2D eigenvalue weighted by molar-refractivity contribution is 0.101. The second-order valence-electron chi connectivity index (χ2n) is 6.36. The van der Waals surface area contributed by atoms with Gasteiger partial charge in [-0.25, -0.2) is 9.18 Å². The van der Waals surface area contributed by atoms with Crippen LogP contribution < -0.4 is 15.0 Å². The number of urea groups is 1. The summed E-state index contributed by atoms with van der Waals surface area (Å²) in [5.74, 6) is 0.138. The fourth-order valence-electron chi connectivity index (χ4n) is 3.01. The third-order valence-corrected chi connectivity index (χ3v) is 4.60. The molecule has 27 heavy (non-hydrogen) atoms. The molecule has 1 N–H and O–H groups in total. The van der Waals surface area contributed by atoms with E-state index in [0.29, 0.717) is 43.1 Å². The molecule has 2 aromatic carbocycles. The van der Waals surface area contributed by atoms with E-state index in [2.05, 4.69) is 5.32 Å². The minimum absolute atomic E-state index is 0.166. The molecule has 6 nitrogen and oxygen atoms in total. The lowest BCUT2D eigenvalue weighted by atomic mass is 10.1. The number of Topliss-reactive ketones (excluding diaryl/α,β-unsaturated/α-hetero) is 1. The Morgan fingerprint density at radius 3 is 2.26 bits per heavy atom. The van der Waals surface area contributed by atoms with E-state index in [4.69, 9.17) is 4.74 Å². The van der Waals surface area contributed by atoms with Crippen LogP contribution in [0.1, 0.15) is 17.3 Å². The van der Waals surface area contributed by atoms with E-state index in [1.54, 1.807) is 48.4 Å². The van der Waals surface area contributed by atoms with Crippen molar-refractivity contribution in [2.75, 3.05) is 43.5 Å². The Hall–Kier alpha value is -3.09. The van der Waals surface area contributed by atoms with Crippen molar-refractivity contribution >= 4 is 23.2 Å². The third-order valence-electron chi connectivity index (χ3n) is 4.60. The maximum absolute atomic E-state index is 14.3. The number of ketones is 1. The lowest BCUT2D eigenvalue weighted by Crippen LogP contribution is -2.50. The van der Waals surface area contributed by atoms with Crippen LogP contribution in [0.4, 0.5) is 20.6 Å². The number of methoxy groups -OCH3 is 1. The normalized spacial score (nSPS) is 14.0. The van der Waals surface area contributed by atoms with Crippen molar-refractivity contribution in [3.05, 3.63) is 53.8 Å². The van der Waals surface area contributed by atoms with Gasteiger partial charge in [-0.2, -0.15) is 0 Å². The number of piperazine rings is 1. The lowest BCUT2D eigenvalue weighted by Gasteiger charge is -2.36. The van der Waals surface area contributed by atoms with Crippen molar-refractivity contribution < 1.29 is 18.7 Å². The highest BCUT2D eigenvalue weighted by atomic mass is 19.1. The number of rotatable bonds is 4. The molecule has 1 aliphatic heterocycles. The van der Waals surface area contributed by atoms with E-state index in [9.17, 15) is 14.0 Å². The average molecular weight is 371 g/mol. The Labute approximate surface area is 157 Å². The first-order valence-electron chi connectivity index (χ1n) is 8.73. The Balaban J connectivity index is 1.58. The van der Waals surface area contributed by atoms with E-state index < -0.39 is 5.82 Å². The molecule has 1 saturated heterocycles. The second kappa shape index (κ2) is 8.07. The van der Waals surface area contributed by atoms with E-state index >= 15 is 0 Å². The Morgan fingerprint density at radius 1 is 1.04 bits per heavy atom. The molecule has 3 rings (SSSR count). The molecule has 1 heterocycles. The van der Waals surface area contributed by atoms with Crippen LogP contribution in [0.3, 0.4) is 0 Å². The molecule has 142 valence electrons.